The summed E-state index contributed by atoms with van der Waals surface area (Å²) in [4.78, 5) is 0. The van der Waals surface area contributed by atoms with Crippen LogP contribution in [-0.4, -0.2) is 11.5 Å². The minimum atomic E-state index is 0. The maximum Gasteiger partial charge on any atom is 0 e. The molecule has 0 aromatic heterocycles. The molecule has 1 aliphatic rings. The first-order valence-corrected chi connectivity index (χ1v) is 4.54. The van der Waals surface area contributed by atoms with Crippen LogP contribution in [0.4, 0.5) is 0 Å². The number of hydrogen-bond acceptors (Lipinski definition) is 2. The Morgan fingerprint density at radius 3 is 1.70 bits per heavy atom. The van der Waals surface area contributed by atoms with E-state index >= 15 is 0 Å². The van der Waals surface area contributed by atoms with E-state index in [1.54, 1.807) is 0 Å². The van der Waals surface area contributed by atoms with Crippen molar-refractivity contribution in [2.75, 3.05) is 11.5 Å². The first kappa shape index (κ1) is 19.6. The van der Waals surface area contributed by atoms with Gasteiger partial charge in [-0.3, -0.25) is 0 Å². The average molecular weight is 400 g/mol. The second kappa shape index (κ2) is 13.0. The minimum absolute atomic E-state index is 0. The summed E-state index contributed by atoms with van der Waals surface area (Å²) in [6.07, 6.45) is 0. The molecule has 5 heteroatoms. The van der Waals surface area contributed by atoms with Crippen LogP contribution in [-0.2, 0) is 98.1 Å². The van der Waals surface area contributed by atoms with Gasteiger partial charge in [0.15, 0.2) is 0 Å². The van der Waals surface area contributed by atoms with Crippen molar-refractivity contribution in [3.8, 4) is 0 Å². The molecule has 1 fully saturated rings. The van der Waals surface area contributed by atoms with Gasteiger partial charge in [0, 0.05) is 98.1 Å². The fourth-order valence-electron chi connectivity index (χ4n) is 0.503. The van der Waals surface area contributed by atoms with Gasteiger partial charge in [0.1, 0.15) is 0 Å². The van der Waals surface area contributed by atoms with Gasteiger partial charge < -0.3 is 23.5 Å². The Morgan fingerprint density at radius 1 is 1.10 bits per heavy atom. The van der Waals surface area contributed by atoms with Crippen molar-refractivity contribution in [2.24, 2.45) is 5.92 Å². The topological polar surface area (TPSA) is 0 Å². The van der Waals surface area contributed by atoms with E-state index in [-0.39, 0.29) is 98.1 Å². The summed E-state index contributed by atoms with van der Waals surface area (Å²) in [5.41, 5.74) is 0. The zero-order valence-electron chi connectivity index (χ0n) is 6.12. The van der Waals surface area contributed by atoms with Crippen LogP contribution >= 0.6 is 23.5 Å². The molecule has 0 spiro atoms. The van der Waals surface area contributed by atoms with Gasteiger partial charge in [-0.25, -0.2) is 5.08 Å². The zero-order valence-corrected chi connectivity index (χ0v) is 16.3. The van der Waals surface area contributed by atoms with Crippen LogP contribution in [0.5, 0.6) is 0 Å². The average Bonchev–Trinajstić information content (AvgIpc) is 1.69. The fourth-order valence-corrected chi connectivity index (χ4v) is 2.56. The van der Waals surface area contributed by atoms with Crippen molar-refractivity contribution in [2.45, 2.75) is 6.92 Å². The molecule has 0 unspecified atom stereocenters. The molecule has 0 amide bonds. The van der Waals surface area contributed by atoms with E-state index in [0.29, 0.717) is 0 Å². The number of thioether (sulfide) groups is 2. The van der Waals surface area contributed by atoms with Crippen LogP contribution in [0.25, 0.3) is 0 Å². The summed E-state index contributed by atoms with van der Waals surface area (Å²) in [7, 11) is 0. The van der Waals surface area contributed by atoms with Crippen molar-refractivity contribution in [1.29, 1.82) is 0 Å². The van der Waals surface area contributed by atoms with Crippen molar-refractivity contribution in [3.63, 3.8) is 0 Å². The van der Waals surface area contributed by atoms with Crippen LogP contribution in [0.2, 0.25) is 0 Å². The van der Waals surface area contributed by atoms with Gasteiger partial charge >= 0.3 is 0 Å². The van der Waals surface area contributed by atoms with E-state index in [9.17, 15) is 0 Å². The molecule has 51 valence electrons. The Kier molecular flexibility index (Phi) is 25.5. The summed E-state index contributed by atoms with van der Waals surface area (Å²) in [5.74, 6) is 3.58. The van der Waals surface area contributed by atoms with Gasteiger partial charge in [0.25, 0.3) is 0 Å². The maximum absolute atomic E-state index is 2.30. The van der Waals surface area contributed by atoms with Crippen molar-refractivity contribution in [1.82, 2.24) is 0 Å². The molecule has 0 aliphatic carbocycles. The molecular formula is C5H9S2Y3-. The zero-order chi connectivity index (χ0) is 5.11. The summed E-state index contributed by atoms with van der Waals surface area (Å²) >= 11 is 3.88. The fraction of sp³-hybridized carbons (Fsp3) is 0.800. The molecule has 3 radical (unpaired) electrons. The maximum atomic E-state index is 2.30. The third kappa shape index (κ3) is 10.1. The van der Waals surface area contributed by atoms with Gasteiger partial charge in [-0.1, -0.05) is 6.92 Å². The standard InChI is InChI=1S/C5H9S2.3Y/c1-5-2-6-4-7-3-5;;;/h4-5H,2-3H2,1H3;;;/q-1;;;. The molecule has 1 rings (SSSR count). The van der Waals surface area contributed by atoms with E-state index in [0.717, 1.165) is 5.92 Å². The summed E-state index contributed by atoms with van der Waals surface area (Å²) in [6.45, 7) is 2.30. The first-order valence-electron chi connectivity index (χ1n) is 2.44. The van der Waals surface area contributed by atoms with Crippen LogP contribution in [0.3, 0.4) is 0 Å². The van der Waals surface area contributed by atoms with E-state index in [4.69, 9.17) is 0 Å². The Morgan fingerprint density at radius 2 is 1.50 bits per heavy atom. The first-order chi connectivity index (χ1) is 3.39. The monoisotopic (exact) mass is 400 g/mol. The molecule has 0 aromatic carbocycles. The number of hydrogen-bond donors (Lipinski definition) is 0. The SMILES string of the molecule is CC1CS[CH-]SC1.[Y].[Y].[Y]. The van der Waals surface area contributed by atoms with E-state index in [2.05, 4.69) is 12.0 Å². The molecule has 1 heterocycles. The quantitative estimate of drug-likeness (QED) is 0.573. The largest absolute Gasteiger partial charge is 0.340 e. The van der Waals surface area contributed by atoms with Gasteiger partial charge in [0.05, 0.1) is 0 Å². The molecule has 0 N–H and O–H groups in total. The predicted molar refractivity (Wildman–Crippen MR) is 38.4 cm³/mol. The summed E-state index contributed by atoms with van der Waals surface area (Å²) in [6, 6.07) is 0. The molecule has 0 saturated carbocycles. The molecular weight excluding hydrogens is 391 g/mol. The van der Waals surface area contributed by atoms with Gasteiger partial charge in [-0.2, -0.15) is 0 Å². The van der Waals surface area contributed by atoms with E-state index in [1.807, 2.05) is 23.5 Å². The van der Waals surface area contributed by atoms with E-state index < -0.39 is 0 Å². The Balaban J connectivity index is -0.000000163. The van der Waals surface area contributed by atoms with Gasteiger partial charge in [-0.15, -0.1) is 0 Å². The normalized spacial score (nSPS) is 17.7. The summed E-state index contributed by atoms with van der Waals surface area (Å²) < 4.78 is 0. The molecule has 10 heavy (non-hydrogen) atoms. The Bertz CT molecular complexity index is 56.9. The van der Waals surface area contributed by atoms with Crippen LogP contribution in [0.15, 0.2) is 0 Å². The smallest absolute Gasteiger partial charge is 0 e. The third-order valence-corrected chi connectivity index (χ3v) is 3.51. The molecule has 0 atom stereocenters. The molecule has 0 nitrogen and oxygen atoms in total. The molecule has 0 bridgehead atoms. The predicted octanol–water partition coefficient (Wildman–Crippen LogP) is 2.21. The molecule has 1 saturated heterocycles. The van der Waals surface area contributed by atoms with Crippen LogP contribution in [0.1, 0.15) is 6.92 Å². The van der Waals surface area contributed by atoms with Crippen LogP contribution < -0.4 is 0 Å². The van der Waals surface area contributed by atoms with Crippen molar-refractivity contribution < 1.29 is 98.1 Å². The minimum Gasteiger partial charge on any atom is -0.340 e. The molecule has 1 aliphatic heterocycles. The number of rotatable bonds is 0. The van der Waals surface area contributed by atoms with Crippen LogP contribution in [0, 0.1) is 11.0 Å². The Labute approximate surface area is 148 Å². The third-order valence-electron chi connectivity index (χ3n) is 0.898. The second-order valence-electron chi connectivity index (χ2n) is 1.87. The van der Waals surface area contributed by atoms with Crippen molar-refractivity contribution in [3.05, 3.63) is 5.08 Å². The van der Waals surface area contributed by atoms with Gasteiger partial charge in [0.2, 0.25) is 0 Å². The van der Waals surface area contributed by atoms with Crippen molar-refractivity contribution >= 4 is 23.5 Å². The summed E-state index contributed by atoms with van der Waals surface area (Å²) in [5, 5.41) is 2.24. The van der Waals surface area contributed by atoms with Gasteiger partial charge in [-0.05, 0) is 17.4 Å². The van der Waals surface area contributed by atoms with E-state index in [1.165, 1.54) is 11.5 Å². The molecule has 0 aromatic rings. The Hall–Kier alpha value is 4.01. The second-order valence-corrected chi connectivity index (χ2v) is 3.97.